The van der Waals surface area contributed by atoms with Crippen molar-refractivity contribution in [3.05, 3.63) is 18.4 Å². The van der Waals surface area contributed by atoms with Crippen molar-refractivity contribution in [3.8, 4) is 12.3 Å². The summed E-state index contributed by atoms with van der Waals surface area (Å²) in [5.41, 5.74) is 0.971. The van der Waals surface area contributed by atoms with Crippen LogP contribution in [0, 0.1) is 12.3 Å². The summed E-state index contributed by atoms with van der Waals surface area (Å²) in [5, 5.41) is 0. The van der Waals surface area contributed by atoms with Crippen molar-refractivity contribution in [2.45, 2.75) is 6.42 Å². The summed E-state index contributed by atoms with van der Waals surface area (Å²) in [6.45, 7) is 1.59. The molecule has 0 saturated heterocycles. The molecule has 0 amide bonds. The van der Waals surface area contributed by atoms with Gasteiger partial charge in [0, 0.05) is 13.0 Å². The molecule has 0 aliphatic rings. The second kappa shape index (κ2) is 4.58. The molecule has 3 heteroatoms. The Labute approximate surface area is 72.4 Å². The summed E-state index contributed by atoms with van der Waals surface area (Å²) < 4.78 is 4.84. The fraction of sp³-hybridized carbons (Fsp3) is 0.444. The maximum atomic E-state index is 5.15. The fourth-order valence-corrected chi connectivity index (χ4v) is 0.901. The minimum atomic E-state index is 0.678. The summed E-state index contributed by atoms with van der Waals surface area (Å²) in [7, 11) is 1.99. The number of hydrogen-bond acceptors (Lipinski definition) is 3. The van der Waals surface area contributed by atoms with E-state index in [1.54, 1.807) is 6.26 Å². The van der Waals surface area contributed by atoms with Gasteiger partial charge in [0.05, 0.1) is 12.2 Å². The third kappa shape index (κ3) is 2.77. The molecule has 1 heterocycles. The zero-order chi connectivity index (χ0) is 8.81. The zero-order valence-corrected chi connectivity index (χ0v) is 7.16. The van der Waals surface area contributed by atoms with E-state index in [1.165, 1.54) is 6.39 Å². The van der Waals surface area contributed by atoms with Crippen LogP contribution in [0.25, 0.3) is 0 Å². The van der Waals surface area contributed by atoms with E-state index in [2.05, 4.69) is 15.8 Å². The third-order valence-corrected chi connectivity index (χ3v) is 1.59. The van der Waals surface area contributed by atoms with Crippen molar-refractivity contribution in [2.75, 3.05) is 20.1 Å². The lowest BCUT2D eigenvalue weighted by molar-refractivity contribution is 0.379. The number of rotatable bonds is 4. The van der Waals surface area contributed by atoms with Crippen LogP contribution < -0.4 is 0 Å². The van der Waals surface area contributed by atoms with E-state index >= 15 is 0 Å². The van der Waals surface area contributed by atoms with E-state index in [9.17, 15) is 0 Å². The molecule has 0 aromatic carbocycles. The van der Waals surface area contributed by atoms with E-state index in [1.807, 2.05) is 7.05 Å². The SMILES string of the molecule is C#CCN(C)CCc1cocn1. The van der Waals surface area contributed by atoms with Crippen LogP contribution in [0.1, 0.15) is 5.69 Å². The third-order valence-electron chi connectivity index (χ3n) is 1.59. The first kappa shape index (κ1) is 8.82. The average Bonchev–Trinajstić information content (AvgIpc) is 2.53. The number of aromatic nitrogens is 1. The average molecular weight is 164 g/mol. The molecule has 1 aromatic rings. The van der Waals surface area contributed by atoms with Gasteiger partial charge in [-0.05, 0) is 7.05 Å². The van der Waals surface area contributed by atoms with E-state index in [0.717, 1.165) is 18.7 Å². The van der Waals surface area contributed by atoms with Crippen molar-refractivity contribution < 1.29 is 4.42 Å². The molecule has 0 atom stereocenters. The van der Waals surface area contributed by atoms with Crippen molar-refractivity contribution in [1.82, 2.24) is 9.88 Å². The zero-order valence-electron chi connectivity index (χ0n) is 7.16. The Bertz CT molecular complexity index is 248. The Morgan fingerprint density at radius 2 is 2.58 bits per heavy atom. The van der Waals surface area contributed by atoms with Gasteiger partial charge in [-0.15, -0.1) is 6.42 Å². The smallest absolute Gasteiger partial charge is 0.180 e. The minimum absolute atomic E-state index is 0.678. The number of hydrogen-bond donors (Lipinski definition) is 0. The van der Waals surface area contributed by atoms with E-state index in [-0.39, 0.29) is 0 Å². The van der Waals surface area contributed by atoms with Gasteiger partial charge in [-0.1, -0.05) is 5.92 Å². The van der Waals surface area contributed by atoms with Crippen LogP contribution in [-0.4, -0.2) is 30.0 Å². The predicted octanol–water partition coefficient (Wildman–Crippen LogP) is 0.782. The topological polar surface area (TPSA) is 29.3 Å². The van der Waals surface area contributed by atoms with Gasteiger partial charge in [0.1, 0.15) is 6.26 Å². The number of oxazole rings is 1. The molecule has 64 valence electrons. The van der Waals surface area contributed by atoms with Crippen LogP contribution in [0.3, 0.4) is 0 Å². The first-order valence-electron chi connectivity index (χ1n) is 3.82. The Hall–Kier alpha value is -1.27. The lowest BCUT2D eigenvalue weighted by Crippen LogP contribution is -2.21. The van der Waals surface area contributed by atoms with Gasteiger partial charge in [-0.2, -0.15) is 0 Å². The molecular formula is C9H12N2O. The largest absolute Gasteiger partial charge is 0.451 e. The van der Waals surface area contributed by atoms with Gasteiger partial charge in [0.2, 0.25) is 0 Å². The molecule has 0 unspecified atom stereocenters. The first-order valence-corrected chi connectivity index (χ1v) is 3.82. The highest BCUT2D eigenvalue weighted by Crippen LogP contribution is 1.96. The molecule has 0 fully saturated rings. The van der Waals surface area contributed by atoms with Crippen LogP contribution in [0.5, 0.6) is 0 Å². The van der Waals surface area contributed by atoms with Crippen molar-refractivity contribution in [3.63, 3.8) is 0 Å². The second-order valence-corrected chi connectivity index (χ2v) is 2.67. The highest BCUT2D eigenvalue weighted by atomic mass is 16.3. The molecule has 1 aromatic heterocycles. The second-order valence-electron chi connectivity index (χ2n) is 2.67. The predicted molar refractivity (Wildman–Crippen MR) is 46.5 cm³/mol. The summed E-state index contributed by atoms with van der Waals surface area (Å²) in [5.74, 6) is 2.58. The van der Waals surface area contributed by atoms with Gasteiger partial charge >= 0.3 is 0 Å². The van der Waals surface area contributed by atoms with Crippen LogP contribution in [0.15, 0.2) is 17.1 Å². The first-order chi connectivity index (χ1) is 5.83. The van der Waals surface area contributed by atoms with Crippen LogP contribution in [0.2, 0.25) is 0 Å². The normalized spacial score (nSPS) is 10.1. The molecule has 0 bridgehead atoms. The molecule has 3 nitrogen and oxygen atoms in total. The van der Waals surface area contributed by atoms with E-state index < -0.39 is 0 Å². The lowest BCUT2D eigenvalue weighted by atomic mass is 10.3. The summed E-state index contributed by atoms with van der Waals surface area (Å²) in [4.78, 5) is 6.07. The molecule has 0 aliphatic heterocycles. The fourth-order valence-electron chi connectivity index (χ4n) is 0.901. The standard InChI is InChI=1S/C9H12N2O/c1-3-5-11(2)6-4-9-7-12-8-10-9/h1,7-8H,4-6H2,2H3. The molecule has 0 radical (unpaired) electrons. The molecule has 0 saturated carbocycles. The summed E-state index contributed by atoms with van der Waals surface area (Å²) in [6.07, 6.45) is 9.13. The van der Waals surface area contributed by atoms with Crippen molar-refractivity contribution >= 4 is 0 Å². The highest BCUT2D eigenvalue weighted by Gasteiger charge is 1.98. The van der Waals surface area contributed by atoms with E-state index in [4.69, 9.17) is 10.8 Å². The summed E-state index contributed by atoms with van der Waals surface area (Å²) >= 11 is 0. The van der Waals surface area contributed by atoms with Crippen molar-refractivity contribution in [1.29, 1.82) is 0 Å². The van der Waals surface area contributed by atoms with Gasteiger partial charge < -0.3 is 4.42 Å². The van der Waals surface area contributed by atoms with Crippen LogP contribution in [0.4, 0.5) is 0 Å². The Morgan fingerprint density at radius 3 is 3.17 bits per heavy atom. The van der Waals surface area contributed by atoms with Gasteiger partial charge in [-0.25, -0.2) is 4.98 Å². The quantitative estimate of drug-likeness (QED) is 0.616. The molecule has 0 aliphatic carbocycles. The van der Waals surface area contributed by atoms with E-state index in [0.29, 0.717) is 6.54 Å². The van der Waals surface area contributed by atoms with Crippen LogP contribution in [-0.2, 0) is 6.42 Å². The molecule has 1 rings (SSSR count). The van der Waals surface area contributed by atoms with Gasteiger partial charge in [0.15, 0.2) is 6.39 Å². The Kier molecular flexibility index (Phi) is 3.36. The highest BCUT2D eigenvalue weighted by molar-refractivity contribution is 4.93. The molecule has 12 heavy (non-hydrogen) atoms. The lowest BCUT2D eigenvalue weighted by Gasteiger charge is -2.10. The molecule has 0 spiro atoms. The molecule has 0 N–H and O–H groups in total. The van der Waals surface area contributed by atoms with Crippen LogP contribution >= 0.6 is 0 Å². The monoisotopic (exact) mass is 164 g/mol. The van der Waals surface area contributed by atoms with Gasteiger partial charge in [-0.3, -0.25) is 4.90 Å². The van der Waals surface area contributed by atoms with Gasteiger partial charge in [0.25, 0.3) is 0 Å². The maximum Gasteiger partial charge on any atom is 0.180 e. The Morgan fingerprint density at radius 1 is 1.75 bits per heavy atom. The summed E-state index contributed by atoms with van der Waals surface area (Å²) in [6, 6.07) is 0. The minimum Gasteiger partial charge on any atom is -0.451 e. The van der Waals surface area contributed by atoms with Crippen molar-refractivity contribution in [2.24, 2.45) is 0 Å². The Balaban J connectivity index is 2.23. The maximum absolute atomic E-state index is 5.15. The number of nitrogens with zero attached hydrogens (tertiary/aromatic N) is 2. The number of terminal acetylenes is 1. The number of likely N-dealkylation sites (N-methyl/N-ethyl adjacent to an activating group) is 1. The molecular weight excluding hydrogens is 152 g/mol.